The van der Waals surface area contributed by atoms with Crippen LogP contribution in [0.1, 0.15) is 19.3 Å². The van der Waals surface area contributed by atoms with Crippen molar-refractivity contribution in [2.45, 2.75) is 31.2 Å². The van der Waals surface area contributed by atoms with Gasteiger partial charge in [-0.25, -0.2) is 0 Å². The number of rotatable bonds is 2. The minimum atomic E-state index is -0.753. The van der Waals surface area contributed by atoms with Crippen LogP contribution in [0.15, 0.2) is 24.8 Å². The first kappa shape index (κ1) is 11.0. The van der Waals surface area contributed by atoms with E-state index in [0.29, 0.717) is 26.1 Å². The van der Waals surface area contributed by atoms with E-state index < -0.39 is 5.79 Å². The molecular weight excluding hydrogens is 220 g/mol. The van der Waals surface area contributed by atoms with Crippen LogP contribution in [0.25, 0.3) is 0 Å². The van der Waals surface area contributed by atoms with Crippen molar-refractivity contribution < 1.29 is 19.0 Å². The zero-order valence-electron chi connectivity index (χ0n) is 9.69. The summed E-state index contributed by atoms with van der Waals surface area (Å²) in [5.41, 5.74) is -0.347. The highest BCUT2D eigenvalue weighted by atomic mass is 16.7. The lowest BCUT2D eigenvalue weighted by atomic mass is 9.65. The van der Waals surface area contributed by atoms with Gasteiger partial charge in [-0.3, -0.25) is 4.79 Å². The average Bonchev–Trinajstić information content (AvgIpc) is 2.74. The van der Waals surface area contributed by atoms with E-state index in [2.05, 4.69) is 6.58 Å². The Bertz CT molecular complexity index is 381. The van der Waals surface area contributed by atoms with Crippen LogP contribution in [0, 0.1) is 5.41 Å². The topological polar surface area (TPSA) is 44.8 Å². The summed E-state index contributed by atoms with van der Waals surface area (Å²) in [7, 11) is 0. The van der Waals surface area contributed by atoms with Gasteiger partial charge in [-0.05, 0) is 18.6 Å². The highest BCUT2D eigenvalue weighted by Gasteiger charge is 2.59. The molecule has 2 heterocycles. The molecule has 2 saturated heterocycles. The number of carbonyl (C=O) groups is 1. The first-order chi connectivity index (χ1) is 8.20. The molecule has 3 rings (SSSR count). The molecule has 0 saturated carbocycles. The molecule has 17 heavy (non-hydrogen) atoms. The van der Waals surface area contributed by atoms with E-state index in [1.54, 1.807) is 0 Å². The maximum atomic E-state index is 11.7. The third kappa shape index (κ3) is 1.47. The van der Waals surface area contributed by atoms with Crippen LogP contribution >= 0.6 is 0 Å². The van der Waals surface area contributed by atoms with Gasteiger partial charge in [0.1, 0.15) is 6.10 Å². The van der Waals surface area contributed by atoms with Gasteiger partial charge in [-0.15, -0.1) is 6.58 Å². The monoisotopic (exact) mass is 236 g/mol. The number of hydrogen-bond acceptors (Lipinski definition) is 4. The Kier molecular flexibility index (Phi) is 2.38. The van der Waals surface area contributed by atoms with Crippen LogP contribution in [0.3, 0.4) is 0 Å². The molecule has 0 aromatic rings. The maximum absolute atomic E-state index is 11.7. The van der Waals surface area contributed by atoms with Crippen molar-refractivity contribution >= 4 is 5.97 Å². The minimum absolute atomic E-state index is 0.144. The molecule has 0 aromatic carbocycles. The number of esters is 1. The normalized spacial score (nSPS) is 38.1. The van der Waals surface area contributed by atoms with Gasteiger partial charge in [-0.2, -0.15) is 0 Å². The van der Waals surface area contributed by atoms with E-state index in [1.807, 2.05) is 18.2 Å². The predicted molar refractivity (Wildman–Crippen MR) is 60.1 cm³/mol. The molecule has 1 aliphatic carbocycles. The fraction of sp³-hybridized carbons (Fsp3) is 0.615. The lowest BCUT2D eigenvalue weighted by molar-refractivity contribution is -0.235. The van der Waals surface area contributed by atoms with Gasteiger partial charge in [0.25, 0.3) is 0 Å². The molecule has 2 unspecified atom stereocenters. The number of fused-ring (bicyclic) bond motifs is 3. The van der Waals surface area contributed by atoms with E-state index >= 15 is 0 Å². The fourth-order valence-electron chi connectivity index (χ4n) is 3.17. The number of hydrogen-bond donors (Lipinski definition) is 0. The van der Waals surface area contributed by atoms with Crippen molar-refractivity contribution in [2.75, 3.05) is 13.2 Å². The third-order valence-electron chi connectivity index (χ3n) is 3.88. The molecule has 92 valence electrons. The summed E-state index contributed by atoms with van der Waals surface area (Å²) in [4.78, 5) is 11.7. The molecule has 3 aliphatic rings. The summed E-state index contributed by atoms with van der Waals surface area (Å²) in [6.45, 7) is 4.93. The van der Waals surface area contributed by atoms with Crippen molar-refractivity contribution in [2.24, 2.45) is 5.41 Å². The first-order valence-electron chi connectivity index (χ1n) is 5.97. The van der Waals surface area contributed by atoms with Gasteiger partial charge in [0, 0.05) is 11.8 Å². The van der Waals surface area contributed by atoms with Gasteiger partial charge in [0.2, 0.25) is 0 Å². The molecule has 2 fully saturated rings. The molecular formula is C13H16O4. The Labute approximate surface area is 100 Å². The second-order valence-electron chi connectivity index (χ2n) is 4.91. The van der Waals surface area contributed by atoms with Crippen LogP contribution in [-0.2, 0) is 19.0 Å². The van der Waals surface area contributed by atoms with Crippen LogP contribution in [0.4, 0.5) is 0 Å². The summed E-state index contributed by atoms with van der Waals surface area (Å²) in [5.74, 6) is -0.928. The summed E-state index contributed by atoms with van der Waals surface area (Å²) in [5, 5.41) is 0. The standard InChI is InChI=1S/C13H16O4/c1-2-4-12-8-10(17-11(14)9-12)3-5-13(12)15-6-7-16-13/h2-3,5,10H,1,4,6-9H2. The molecule has 0 aromatic heterocycles. The van der Waals surface area contributed by atoms with Crippen molar-refractivity contribution in [1.82, 2.24) is 0 Å². The number of allylic oxidation sites excluding steroid dienone is 1. The minimum Gasteiger partial charge on any atom is -0.458 e. The van der Waals surface area contributed by atoms with E-state index in [9.17, 15) is 4.79 Å². The molecule has 4 nitrogen and oxygen atoms in total. The Hall–Kier alpha value is -1.13. The second kappa shape index (κ2) is 3.68. The zero-order valence-corrected chi connectivity index (χ0v) is 9.69. The fourth-order valence-corrected chi connectivity index (χ4v) is 3.17. The molecule has 2 bridgehead atoms. The van der Waals surface area contributed by atoms with Crippen LogP contribution in [0.5, 0.6) is 0 Å². The third-order valence-corrected chi connectivity index (χ3v) is 3.88. The van der Waals surface area contributed by atoms with E-state index in [1.165, 1.54) is 0 Å². The smallest absolute Gasteiger partial charge is 0.307 e. The van der Waals surface area contributed by atoms with Gasteiger partial charge in [0.15, 0.2) is 5.79 Å². The Morgan fingerprint density at radius 3 is 2.94 bits per heavy atom. The molecule has 0 radical (unpaired) electrons. The average molecular weight is 236 g/mol. The van der Waals surface area contributed by atoms with Gasteiger partial charge in [0.05, 0.1) is 19.6 Å². The molecule has 4 heteroatoms. The van der Waals surface area contributed by atoms with Crippen molar-refractivity contribution in [3.8, 4) is 0 Å². The Morgan fingerprint density at radius 2 is 2.24 bits per heavy atom. The Balaban J connectivity index is 2.04. The molecule has 0 N–H and O–H groups in total. The largest absolute Gasteiger partial charge is 0.458 e. The summed E-state index contributed by atoms with van der Waals surface area (Å²) >= 11 is 0. The van der Waals surface area contributed by atoms with Gasteiger partial charge < -0.3 is 14.2 Å². The highest BCUT2D eigenvalue weighted by Crippen LogP contribution is 2.53. The predicted octanol–water partition coefficient (Wildman–Crippen LogP) is 1.57. The quantitative estimate of drug-likeness (QED) is 0.539. The van der Waals surface area contributed by atoms with Crippen LogP contribution < -0.4 is 0 Å². The van der Waals surface area contributed by atoms with Crippen molar-refractivity contribution in [3.63, 3.8) is 0 Å². The summed E-state index contributed by atoms with van der Waals surface area (Å²) in [6.07, 6.45) is 7.27. The molecule has 2 atom stereocenters. The second-order valence-corrected chi connectivity index (χ2v) is 4.91. The lowest BCUT2D eigenvalue weighted by Crippen LogP contribution is -2.56. The summed E-state index contributed by atoms with van der Waals surface area (Å²) in [6, 6.07) is 0. The van der Waals surface area contributed by atoms with Crippen molar-refractivity contribution in [1.29, 1.82) is 0 Å². The van der Waals surface area contributed by atoms with Crippen LogP contribution in [-0.4, -0.2) is 31.1 Å². The molecule has 2 aliphatic heterocycles. The zero-order chi connectivity index (χ0) is 11.9. The Morgan fingerprint density at radius 1 is 1.47 bits per heavy atom. The maximum Gasteiger partial charge on any atom is 0.307 e. The highest BCUT2D eigenvalue weighted by molar-refractivity contribution is 5.72. The SMILES string of the molecule is C=CCC12CC(=O)OC(C=CC13OCCO3)C2. The molecule has 1 spiro atoms. The van der Waals surface area contributed by atoms with Gasteiger partial charge in [-0.1, -0.05) is 6.08 Å². The van der Waals surface area contributed by atoms with Crippen LogP contribution in [0.2, 0.25) is 0 Å². The summed E-state index contributed by atoms with van der Waals surface area (Å²) < 4.78 is 16.9. The van der Waals surface area contributed by atoms with Crippen molar-refractivity contribution in [3.05, 3.63) is 24.8 Å². The van der Waals surface area contributed by atoms with E-state index in [4.69, 9.17) is 14.2 Å². The number of ether oxygens (including phenoxy) is 3. The van der Waals surface area contributed by atoms with E-state index in [-0.39, 0.29) is 17.5 Å². The number of carbonyl (C=O) groups excluding carboxylic acids is 1. The first-order valence-corrected chi connectivity index (χ1v) is 5.97. The van der Waals surface area contributed by atoms with E-state index in [0.717, 1.165) is 6.42 Å². The van der Waals surface area contributed by atoms with Gasteiger partial charge >= 0.3 is 5.97 Å². The lowest BCUT2D eigenvalue weighted by Gasteiger charge is -2.50. The molecule has 0 amide bonds.